The third-order valence-electron chi connectivity index (χ3n) is 3.12. The van der Waals surface area contributed by atoms with Crippen molar-refractivity contribution in [3.8, 4) is 0 Å². The first kappa shape index (κ1) is 13.2. The molecule has 1 atom stereocenters. The molecule has 16 heavy (non-hydrogen) atoms. The lowest BCUT2D eigenvalue weighted by Gasteiger charge is -2.17. The van der Waals surface area contributed by atoms with Gasteiger partial charge in [0.1, 0.15) is 0 Å². The maximum Gasteiger partial charge on any atom is 0.0294 e. The fourth-order valence-electron chi connectivity index (χ4n) is 2.11. The Labute approximate surface area is 100 Å². The summed E-state index contributed by atoms with van der Waals surface area (Å²) in [4.78, 5) is 0. The van der Waals surface area contributed by atoms with Gasteiger partial charge in [0.2, 0.25) is 0 Å². The molecule has 1 rings (SSSR count). The molecule has 1 heteroatoms. The molecule has 1 aromatic carbocycles. The molecule has 1 unspecified atom stereocenters. The zero-order chi connectivity index (χ0) is 12.0. The summed E-state index contributed by atoms with van der Waals surface area (Å²) in [6, 6.07) is 7.19. The molecule has 0 radical (unpaired) electrons. The number of rotatable bonds is 6. The monoisotopic (exact) mass is 219 g/mol. The van der Waals surface area contributed by atoms with Gasteiger partial charge in [-0.3, -0.25) is 0 Å². The number of hydrogen-bond donors (Lipinski definition) is 1. The number of benzene rings is 1. The molecule has 0 fully saturated rings. The van der Waals surface area contributed by atoms with Crippen molar-refractivity contribution in [2.24, 2.45) is 0 Å². The molecule has 90 valence electrons. The molecule has 1 N–H and O–H groups in total. The SMILES string of the molecule is CCCCCNC(C)c1ccc(C)cc1C. The Hall–Kier alpha value is -0.820. The van der Waals surface area contributed by atoms with Crippen LogP contribution in [0.4, 0.5) is 0 Å². The lowest BCUT2D eigenvalue weighted by Crippen LogP contribution is -2.20. The van der Waals surface area contributed by atoms with E-state index in [0.717, 1.165) is 6.54 Å². The van der Waals surface area contributed by atoms with E-state index in [0.29, 0.717) is 6.04 Å². The van der Waals surface area contributed by atoms with Gasteiger partial charge in [0.15, 0.2) is 0 Å². The van der Waals surface area contributed by atoms with E-state index in [-0.39, 0.29) is 0 Å². The first-order valence-electron chi connectivity index (χ1n) is 6.45. The van der Waals surface area contributed by atoms with Gasteiger partial charge in [0.25, 0.3) is 0 Å². The topological polar surface area (TPSA) is 12.0 Å². The minimum Gasteiger partial charge on any atom is -0.310 e. The number of unbranched alkanes of at least 4 members (excludes halogenated alkanes) is 2. The number of nitrogens with one attached hydrogen (secondary N) is 1. The van der Waals surface area contributed by atoms with Crippen LogP contribution in [0.3, 0.4) is 0 Å². The Kier molecular flexibility index (Phi) is 5.54. The van der Waals surface area contributed by atoms with Crippen molar-refractivity contribution in [2.45, 2.75) is 53.0 Å². The minimum absolute atomic E-state index is 0.470. The van der Waals surface area contributed by atoms with E-state index >= 15 is 0 Å². The summed E-state index contributed by atoms with van der Waals surface area (Å²) in [7, 11) is 0. The van der Waals surface area contributed by atoms with Gasteiger partial charge in [-0.05, 0) is 44.9 Å². The summed E-state index contributed by atoms with van der Waals surface area (Å²) in [5.41, 5.74) is 4.18. The predicted octanol–water partition coefficient (Wildman–Crippen LogP) is 4.14. The van der Waals surface area contributed by atoms with E-state index in [9.17, 15) is 0 Å². The van der Waals surface area contributed by atoms with E-state index in [4.69, 9.17) is 0 Å². The van der Waals surface area contributed by atoms with Crippen LogP contribution in [0, 0.1) is 13.8 Å². The number of hydrogen-bond acceptors (Lipinski definition) is 1. The fraction of sp³-hybridized carbons (Fsp3) is 0.600. The first-order valence-corrected chi connectivity index (χ1v) is 6.45. The zero-order valence-corrected chi connectivity index (χ0v) is 11.1. The molecule has 0 heterocycles. The Morgan fingerprint density at radius 1 is 1.19 bits per heavy atom. The second-order valence-electron chi connectivity index (χ2n) is 4.74. The Morgan fingerprint density at radius 3 is 2.56 bits per heavy atom. The quantitative estimate of drug-likeness (QED) is 0.709. The van der Waals surface area contributed by atoms with E-state index in [1.165, 1.54) is 36.0 Å². The van der Waals surface area contributed by atoms with Gasteiger partial charge in [-0.25, -0.2) is 0 Å². The minimum atomic E-state index is 0.470. The van der Waals surface area contributed by atoms with Crippen LogP contribution in [-0.2, 0) is 0 Å². The molecule has 0 spiro atoms. The van der Waals surface area contributed by atoms with E-state index in [1.54, 1.807) is 0 Å². The van der Waals surface area contributed by atoms with Crippen molar-refractivity contribution in [3.05, 3.63) is 34.9 Å². The van der Waals surface area contributed by atoms with Crippen LogP contribution in [0.2, 0.25) is 0 Å². The molecular formula is C15H25N. The molecule has 0 saturated heterocycles. The summed E-state index contributed by atoms with van der Waals surface area (Å²) in [5, 5.41) is 3.59. The van der Waals surface area contributed by atoms with Crippen molar-refractivity contribution in [3.63, 3.8) is 0 Å². The van der Waals surface area contributed by atoms with Crippen LogP contribution in [0.1, 0.15) is 55.8 Å². The summed E-state index contributed by atoms with van der Waals surface area (Å²) in [6.07, 6.45) is 3.90. The van der Waals surface area contributed by atoms with Crippen LogP contribution >= 0.6 is 0 Å². The molecule has 0 amide bonds. The molecule has 0 aliphatic rings. The van der Waals surface area contributed by atoms with E-state index in [1.807, 2.05) is 0 Å². The van der Waals surface area contributed by atoms with Crippen LogP contribution in [0.25, 0.3) is 0 Å². The molecule has 1 aromatic rings. The zero-order valence-electron chi connectivity index (χ0n) is 11.1. The summed E-state index contributed by atoms with van der Waals surface area (Å²) >= 11 is 0. The maximum atomic E-state index is 3.59. The van der Waals surface area contributed by atoms with Crippen LogP contribution in [0.5, 0.6) is 0 Å². The second kappa shape index (κ2) is 6.70. The molecular weight excluding hydrogens is 194 g/mol. The highest BCUT2D eigenvalue weighted by atomic mass is 14.9. The highest BCUT2D eigenvalue weighted by molar-refractivity contribution is 5.32. The van der Waals surface area contributed by atoms with E-state index in [2.05, 4.69) is 51.2 Å². The standard InChI is InChI=1S/C15H25N/c1-5-6-7-10-16-14(4)15-9-8-12(2)11-13(15)3/h8-9,11,14,16H,5-7,10H2,1-4H3. The number of aryl methyl sites for hydroxylation is 2. The Balaban J connectivity index is 2.49. The smallest absolute Gasteiger partial charge is 0.0294 e. The van der Waals surface area contributed by atoms with Gasteiger partial charge in [-0.2, -0.15) is 0 Å². The van der Waals surface area contributed by atoms with Crippen molar-refractivity contribution in [1.29, 1.82) is 0 Å². The van der Waals surface area contributed by atoms with Gasteiger partial charge < -0.3 is 5.32 Å². The lowest BCUT2D eigenvalue weighted by molar-refractivity contribution is 0.542. The molecule has 0 aliphatic heterocycles. The summed E-state index contributed by atoms with van der Waals surface area (Å²) in [6.45, 7) is 9.97. The summed E-state index contributed by atoms with van der Waals surface area (Å²) in [5.74, 6) is 0. The largest absolute Gasteiger partial charge is 0.310 e. The fourth-order valence-corrected chi connectivity index (χ4v) is 2.11. The van der Waals surface area contributed by atoms with Gasteiger partial charge in [-0.15, -0.1) is 0 Å². The third kappa shape index (κ3) is 3.97. The molecule has 0 saturated carbocycles. The van der Waals surface area contributed by atoms with Crippen molar-refractivity contribution >= 4 is 0 Å². The van der Waals surface area contributed by atoms with Crippen LogP contribution in [0.15, 0.2) is 18.2 Å². The van der Waals surface area contributed by atoms with Gasteiger partial charge in [-0.1, -0.05) is 43.5 Å². The first-order chi connectivity index (χ1) is 7.65. The molecule has 0 aliphatic carbocycles. The van der Waals surface area contributed by atoms with Gasteiger partial charge in [0, 0.05) is 6.04 Å². The van der Waals surface area contributed by atoms with Crippen molar-refractivity contribution in [2.75, 3.05) is 6.54 Å². The molecule has 0 bridgehead atoms. The average Bonchev–Trinajstić information content (AvgIpc) is 2.24. The average molecular weight is 219 g/mol. The van der Waals surface area contributed by atoms with Gasteiger partial charge in [0.05, 0.1) is 0 Å². The molecule has 0 aromatic heterocycles. The second-order valence-corrected chi connectivity index (χ2v) is 4.74. The van der Waals surface area contributed by atoms with Crippen molar-refractivity contribution in [1.82, 2.24) is 5.32 Å². The maximum absolute atomic E-state index is 3.59. The third-order valence-corrected chi connectivity index (χ3v) is 3.12. The predicted molar refractivity (Wildman–Crippen MR) is 71.9 cm³/mol. The molecule has 1 nitrogen and oxygen atoms in total. The lowest BCUT2D eigenvalue weighted by atomic mass is 10.0. The van der Waals surface area contributed by atoms with Crippen LogP contribution < -0.4 is 5.32 Å². The van der Waals surface area contributed by atoms with E-state index < -0.39 is 0 Å². The van der Waals surface area contributed by atoms with Crippen molar-refractivity contribution < 1.29 is 0 Å². The normalized spacial score (nSPS) is 12.8. The highest BCUT2D eigenvalue weighted by Crippen LogP contribution is 2.18. The summed E-state index contributed by atoms with van der Waals surface area (Å²) < 4.78 is 0. The van der Waals surface area contributed by atoms with Crippen LogP contribution in [-0.4, -0.2) is 6.54 Å². The Morgan fingerprint density at radius 2 is 1.94 bits per heavy atom. The highest BCUT2D eigenvalue weighted by Gasteiger charge is 2.06. The van der Waals surface area contributed by atoms with Gasteiger partial charge >= 0.3 is 0 Å². The Bertz CT molecular complexity index is 317.